The van der Waals surface area contributed by atoms with Gasteiger partial charge in [-0.1, -0.05) is 6.92 Å². The van der Waals surface area contributed by atoms with Gasteiger partial charge in [0.05, 0.1) is 25.4 Å². The Balaban J connectivity index is 1.73. The van der Waals surface area contributed by atoms with Crippen LogP contribution in [-0.4, -0.2) is 53.6 Å². The highest BCUT2D eigenvalue weighted by Gasteiger charge is 2.84. The van der Waals surface area contributed by atoms with Crippen molar-refractivity contribution in [2.45, 2.75) is 62.6 Å². The van der Waals surface area contributed by atoms with Crippen LogP contribution >= 0.6 is 0 Å². The molecule has 1 unspecified atom stereocenters. The maximum atomic E-state index is 12.8. The summed E-state index contributed by atoms with van der Waals surface area (Å²) in [6.45, 7) is 5.09. The molecular weight excluding hydrogens is 260 g/mol. The van der Waals surface area contributed by atoms with Gasteiger partial charge in [-0.25, -0.2) is 0 Å². The second-order valence-electron chi connectivity index (χ2n) is 7.68. The van der Waals surface area contributed by atoms with Crippen molar-refractivity contribution >= 4 is 5.78 Å². The molecule has 1 N–H and O–H groups in total. The van der Waals surface area contributed by atoms with E-state index < -0.39 is 34.2 Å². The number of hydrogen-bond donors (Lipinski definition) is 1. The fourth-order valence-corrected chi connectivity index (χ4v) is 5.59. The van der Waals surface area contributed by atoms with Gasteiger partial charge in [-0.3, -0.25) is 4.79 Å². The van der Waals surface area contributed by atoms with Crippen LogP contribution in [0.25, 0.3) is 0 Å². The standard InChI is InChI=1S/C15H20O5/c1-12-3-4-14(6-18-12)11(10(12)17)20-9-5-8(16)13(14,2)15(9)7-19-15/h8-9,11,16H,3-7H2,1-2H3/t8-,9-,11-,12+,13-,14-,15?/m1/s1. The van der Waals surface area contributed by atoms with E-state index in [2.05, 4.69) is 6.92 Å². The highest BCUT2D eigenvalue weighted by molar-refractivity contribution is 5.94. The molecule has 0 aromatic rings. The van der Waals surface area contributed by atoms with E-state index in [-0.39, 0.29) is 11.9 Å². The van der Waals surface area contributed by atoms with Crippen molar-refractivity contribution < 1.29 is 24.1 Å². The van der Waals surface area contributed by atoms with E-state index in [4.69, 9.17) is 14.2 Å². The Kier molecular flexibility index (Phi) is 1.81. The predicted octanol–water partition coefficient (Wildman–Crippen LogP) is 0.432. The van der Waals surface area contributed by atoms with E-state index in [1.807, 2.05) is 6.92 Å². The lowest BCUT2D eigenvalue weighted by Crippen LogP contribution is -2.76. The Bertz CT molecular complexity index is 516. The molecule has 5 heteroatoms. The summed E-state index contributed by atoms with van der Waals surface area (Å²) in [5.41, 5.74) is -1.95. The highest BCUT2D eigenvalue weighted by Crippen LogP contribution is 2.73. The molecule has 0 amide bonds. The van der Waals surface area contributed by atoms with Gasteiger partial charge in [0.15, 0.2) is 5.78 Å². The third-order valence-electron chi connectivity index (χ3n) is 7.25. The van der Waals surface area contributed by atoms with Crippen LogP contribution in [0.2, 0.25) is 0 Å². The molecule has 6 aliphatic rings. The van der Waals surface area contributed by atoms with Gasteiger partial charge in [-0.2, -0.15) is 0 Å². The Morgan fingerprint density at radius 2 is 1.95 bits per heavy atom. The number of epoxide rings is 1. The number of Topliss-reactive ketones (excluding diaryl/α,β-unsaturated/α-hetero) is 1. The van der Waals surface area contributed by atoms with Crippen molar-refractivity contribution in [2.24, 2.45) is 10.8 Å². The molecule has 20 heavy (non-hydrogen) atoms. The lowest BCUT2D eigenvalue weighted by Gasteiger charge is -2.64. The zero-order valence-corrected chi connectivity index (χ0v) is 11.8. The number of aliphatic hydroxyl groups is 1. The van der Waals surface area contributed by atoms with Crippen LogP contribution in [0, 0.1) is 10.8 Å². The van der Waals surface area contributed by atoms with Crippen LogP contribution in [0.4, 0.5) is 0 Å². The summed E-state index contributed by atoms with van der Waals surface area (Å²) in [6, 6.07) is 0. The van der Waals surface area contributed by atoms with E-state index in [9.17, 15) is 9.90 Å². The maximum absolute atomic E-state index is 12.8. The first-order chi connectivity index (χ1) is 9.40. The zero-order valence-electron chi connectivity index (χ0n) is 11.8. The van der Waals surface area contributed by atoms with Gasteiger partial charge < -0.3 is 19.3 Å². The molecule has 6 rings (SSSR count). The average molecular weight is 280 g/mol. The van der Waals surface area contributed by atoms with Crippen LogP contribution in [0.1, 0.15) is 33.1 Å². The third kappa shape index (κ3) is 0.908. The number of fused-ring (bicyclic) bond motifs is 2. The normalized spacial score (nSPS) is 66.5. The molecule has 4 aliphatic heterocycles. The molecule has 0 aromatic heterocycles. The number of hydrogen-bond acceptors (Lipinski definition) is 5. The van der Waals surface area contributed by atoms with Crippen molar-refractivity contribution in [3.05, 3.63) is 0 Å². The van der Waals surface area contributed by atoms with Gasteiger partial charge in [0.1, 0.15) is 17.3 Å². The fraction of sp³-hybridized carbons (Fsp3) is 0.933. The van der Waals surface area contributed by atoms with Crippen LogP contribution < -0.4 is 0 Å². The second-order valence-corrected chi connectivity index (χ2v) is 7.68. The van der Waals surface area contributed by atoms with Crippen LogP contribution in [0.15, 0.2) is 0 Å². The molecule has 2 saturated carbocycles. The summed E-state index contributed by atoms with van der Waals surface area (Å²) >= 11 is 0. The first kappa shape index (κ1) is 12.1. The SMILES string of the molecule is C[C@@]12[C@H](O)C[C@@H](O[C@@H]3C(=O)[C@]4(C)CC[C@@]31CO4)C21CO1. The minimum absolute atomic E-state index is 0.0656. The van der Waals surface area contributed by atoms with Gasteiger partial charge in [0.2, 0.25) is 0 Å². The molecule has 7 atom stereocenters. The summed E-state index contributed by atoms with van der Waals surface area (Å²) in [7, 11) is 0. The van der Waals surface area contributed by atoms with E-state index in [0.717, 1.165) is 12.8 Å². The Labute approximate surface area is 117 Å². The van der Waals surface area contributed by atoms with Crippen LogP contribution in [-0.2, 0) is 19.0 Å². The van der Waals surface area contributed by atoms with Crippen molar-refractivity contribution in [1.29, 1.82) is 0 Å². The predicted molar refractivity (Wildman–Crippen MR) is 67.1 cm³/mol. The van der Waals surface area contributed by atoms with E-state index in [1.54, 1.807) is 0 Å². The summed E-state index contributed by atoms with van der Waals surface area (Å²) in [6.07, 6.45) is 1.08. The Morgan fingerprint density at radius 1 is 1.20 bits per heavy atom. The van der Waals surface area contributed by atoms with Gasteiger partial charge in [0, 0.05) is 17.3 Å². The largest absolute Gasteiger partial charge is 0.392 e. The smallest absolute Gasteiger partial charge is 0.193 e. The molecule has 110 valence electrons. The minimum atomic E-state index is -0.692. The number of ketones is 1. The molecule has 2 spiro atoms. The molecule has 4 saturated heterocycles. The molecule has 5 nitrogen and oxygen atoms in total. The van der Waals surface area contributed by atoms with Crippen LogP contribution in [0.3, 0.4) is 0 Å². The number of ether oxygens (including phenoxy) is 3. The van der Waals surface area contributed by atoms with Crippen LogP contribution in [0.5, 0.6) is 0 Å². The summed E-state index contributed by atoms with van der Waals surface area (Å²) in [5, 5.41) is 10.7. The number of aliphatic hydroxyl groups excluding tert-OH is 1. The molecule has 2 aliphatic carbocycles. The monoisotopic (exact) mass is 280 g/mol. The quantitative estimate of drug-likeness (QED) is 0.652. The van der Waals surface area contributed by atoms with Crippen molar-refractivity contribution in [3.63, 3.8) is 0 Å². The minimum Gasteiger partial charge on any atom is -0.392 e. The molecule has 6 fully saturated rings. The van der Waals surface area contributed by atoms with E-state index in [0.29, 0.717) is 19.6 Å². The maximum Gasteiger partial charge on any atom is 0.193 e. The lowest BCUT2D eigenvalue weighted by molar-refractivity contribution is -0.295. The third-order valence-corrected chi connectivity index (χ3v) is 7.25. The Morgan fingerprint density at radius 3 is 2.55 bits per heavy atom. The van der Waals surface area contributed by atoms with Gasteiger partial charge >= 0.3 is 0 Å². The molecule has 4 heterocycles. The van der Waals surface area contributed by atoms with Crippen molar-refractivity contribution in [2.75, 3.05) is 13.2 Å². The molecule has 4 bridgehead atoms. The van der Waals surface area contributed by atoms with E-state index >= 15 is 0 Å². The zero-order chi connectivity index (χ0) is 14.0. The summed E-state index contributed by atoms with van der Waals surface area (Å²) in [4.78, 5) is 12.8. The van der Waals surface area contributed by atoms with Gasteiger partial charge in [0.25, 0.3) is 0 Å². The second kappa shape index (κ2) is 3.00. The number of rotatable bonds is 0. The van der Waals surface area contributed by atoms with E-state index in [1.165, 1.54) is 0 Å². The summed E-state index contributed by atoms with van der Waals surface area (Å²) < 4.78 is 17.9. The lowest BCUT2D eigenvalue weighted by atomic mass is 9.48. The van der Waals surface area contributed by atoms with Gasteiger partial charge in [-0.05, 0) is 19.8 Å². The average Bonchev–Trinajstić information content (AvgIpc) is 3.19. The van der Waals surface area contributed by atoms with Crippen molar-refractivity contribution in [3.8, 4) is 0 Å². The van der Waals surface area contributed by atoms with Gasteiger partial charge in [-0.15, -0.1) is 0 Å². The number of carbonyl (C=O) groups excluding carboxylic acids is 1. The van der Waals surface area contributed by atoms with Crippen molar-refractivity contribution in [1.82, 2.24) is 0 Å². The highest BCUT2D eigenvalue weighted by atomic mass is 16.6. The summed E-state index contributed by atoms with van der Waals surface area (Å²) in [5.74, 6) is 0.0656. The molecule has 0 radical (unpaired) electrons. The first-order valence-electron chi connectivity index (χ1n) is 7.55. The fourth-order valence-electron chi connectivity index (χ4n) is 5.59. The molecule has 0 aromatic carbocycles. The topological polar surface area (TPSA) is 68.3 Å². The Hall–Kier alpha value is -0.490. The first-order valence-corrected chi connectivity index (χ1v) is 7.55. The molecular formula is C15H20O5. The number of carbonyl (C=O) groups is 1.